The van der Waals surface area contributed by atoms with Crippen LogP contribution in [-0.2, 0) is 10.0 Å². The molecule has 0 atom stereocenters. The fourth-order valence-corrected chi connectivity index (χ4v) is 2.86. The van der Waals surface area contributed by atoms with Crippen LogP contribution < -0.4 is 4.72 Å². The maximum atomic E-state index is 11.4. The van der Waals surface area contributed by atoms with Crippen molar-refractivity contribution in [2.45, 2.75) is 39.5 Å². The summed E-state index contributed by atoms with van der Waals surface area (Å²) in [6, 6.07) is 0. The SMILES string of the molecule is CC(C)CCS(=O)(=O)NCCCCCBr. The highest BCUT2D eigenvalue weighted by molar-refractivity contribution is 9.09. The summed E-state index contributed by atoms with van der Waals surface area (Å²) in [7, 11) is -3.03. The molecule has 0 aliphatic carbocycles. The van der Waals surface area contributed by atoms with E-state index in [1.165, 1.54) is 0 Å². The van der Waals surface area contributed by atoms with E-state index in [-0.39, 0.29) is 5.75 Å². The highest BCUT2D eigenvalue weighted by Gasteiger charge is 2.09. The lowest BCUT2D eigenvalue weighted by atomic mass is 10.2. The van der Waals surface area contributed by atoms with Crippen LogP contribution in [0.25, 0.3) is 0 Å². The van der Waals surface area contributed by atoms with Crippen molar-refractivity contribution >= 4 is 26.0 Å². The number of hydrogen-bond donors (Lipinski definition) is 1. The highest BCUT2D eigenvalue weighted by atomic mass is 79.9. The third-order valence-electron chi connectivity index (χ3n) is 2.10. The third-order valence-corrected chi connectivity index (χ3v) is 4.07. The molecule has 5 heteroatoms. The van der Waals surface area contributed by atoms with E-state index in [0.29, 0.717) is 12.5 Å². The Kier molecular flexibility index (Phi) is 8.75. The highest BCUT2D eigenvalue weighted by Crippen LogP contribution is 2.02. The summed E-state index contributed by atoms with van der Waals surface area (Å²) >= 11 is 3.34. The molecule has 15 heavy (non-hydrogen) atoms. The second-order valence-corrected chi connectivity index (χ2v) is 6.86. The fourth-order valence-electron chi connectivity index (χ4n) is 1.09. The second-order valence-electron chi connectivity index (χ2n) is 4.15. The maximum Gasteiger partial charge on any atom is 0.211 e. The molecule has 0 rings (SSSR count). The Labute approximate surface area is 102 Å². The Morgan fingerprint density at radius 2 is 1.87 bits per heavy atom. The van der Waals surface area contributed by atoms with Gasteiger partial charge in [0.05, 0.1) is 5.75 Å². The number of rotatable bonds is 9. The van der Waals surface area contributed by atoms with Crippen LogP contribution in [0.15, 0.2) is 0 Å². The molecule has 0 saturated heterocycles. The normalized spacial score (nSPS) is 12.3. The van der Waals surface area contributed by atoms with E-state index in [4.69, 9.17) is 0 Å². The summed E-state index contributed by atoms with van der Waals surface area (Å²) < 4.78 is 25.5. The average Bonchev–Trinajstić information content (AvgIpc) is 2.15. The van der Waals surface area contributed by atoms with Gasteiger partial charge in [0.15, 0.2) is 0 Å². The van der Waals surface area contributed by atoms with Crippen molar-refractivity contribution in [1.82, 2.24) is 4.72 Å². The first-order valence-corrected chi connectivity index (χ1v) is 8.28. The molecule has 0 bridgehead atoms. The van der Waals surface area contributed by atoms with Crippen molar-refractivity contribution < 1.29 is 8.42 Å². The van der Waals surface area contributed by atoms with Gasteiger partial charge in [-0.1, -0.05) is 36.2 Å². The quantitative estimate of drug-likeness (QED) is 0.525. The topological polar surface area (TPSA) is 46.2 Å². The lowest BCUT2D eigenvalue weighted by molar-refractivity contribution is 0.558. The van der Waals surface area contributed by atoms with Crippen LogP contribution in [0.2, 0.25) is 0 Å². The molecule has 0 aliphatic rings. The Hall–Kier alpha value is 0.390. The fraction of sp³-hybridized carbons (Fsp3) is 1.00. The molecule has 1 N–H and O–H groups in total. The predicted octanol–water partition coefficient (Wildman–Crippen LogP) is 2.52. The lowest BCUT2D eigenvalue weighted by Crippen LogP contribution is -2.27. The van der Waals surface area contributed by atoms with Crippen molar-refractivity contribution in [3.8, 4) is 0 Å². The van der Waals surface area contributed by atoms with Gasteiger partial charge in [0, 0.05) is 11.9 Å². The molecular weight excluding hydrogens is 278 g/mol. The Bertz CT molecular complexity index is 240. The van der Waals surface area contributed by atoms with Gasteiger partial charge in [-0.2, -0.15) is 0 Å². The molecular formula is C10H22BrNO2S. The van der Waals surface area contributed by atoms with Crippen molar-refractivity contribution in [3.05, 3.63) is 0 Å². The molecule has 0 aliphatic heterocycles. The minimum absolute atomic E-state index is 0.253. The van der Waals surface area contributed by atoms with Crippen LogP contribution in [0.5, 0.6) is 0 Å². The van der Waals surface area contributed by atoms with Crippen LogP contribution in [0.4, 0.5) is 0 Å². The minimum Gasteiger partial charge on any atom is -0.215 e. The van der Waals surface area contributed by atoms with Crippen molar-refractivity contribution in [2.24, 2.45) is 5.92 Å². The van der Waals surface area contributed by atoms with Crippen molar-refractivity contribution in [2.75, 3.05) is 17.6 Å². The molecule has 0 amide bonds. The maximum absolute atomic E-state index is 11.4. The summed E-state index contributed by atoms with van der Waals surface area (Å²) in [5.41, 5.74) is 0. The van der Waals surface area contributed by atoms with Gasteiger partial charge in [-0.15, -0.1) is 0 Å². The van der Waals surface area contributed by atoms with Gasteiger partial charge in [-0.25, -0.2) is 13.1 Å². The Morgan fingerprint density at radius 1 is 1.20 bits per heavy atom. The number of nitrogens with one attached hydrogen (secondary N) is 1. The third kappa shape index (κ3) is 10.7. The standard InChI is InChI=1S/C10H22BrNO2S/c1-10(2)6-9-15(13,14)12-8-5-3-4-7-11/h10,12H,3-9H2,1-2H3. The van der Waals surface area contributed by atoms with Gasteiger partial charge in [0.1, 0.15) is 0 Å². The number of unbranched alkanes of at least 4 members (excludes halogenated alkanes) is 2. The zero-order valence-electron chi connectivity index (χ0n) is 9.63. The molecule has 3 nitrogen and oxygen atoms in total. The number of sulfonamides is 1. The largest absolute Gasteiger partial charge is 0.215 e. The molecule has 92 valence electrons. The van der Waals surface area contributed by atoms with Gasteiger partial charge in [0.2, 0.25) is 10.0 Å². The second kappa shape index (κ2) is 8.53. The Morgan fingerprint density at radius 3 is 2.40 bits per heavy atom. The van der Waals surface area contributed by atoms with Crippen LogP contribution in [0, 0.1) is 5.92 Å². The predicted molar refractivity (Wildman–Crippen MR) is 68.9 cm³/mol. The van der Waals surface area contributed by atoms with Crippen LogP contribution in [0.1, 0.15) is 39.5 Å². The van der Waals surface area contributed by atoms with E-state index >= 15 is 0 Å². The lowest BCUT2D eigenvalue weighted by Gasteiger charge is -2.07. The van der Waals surface area contributed by atoms with E-state index in [1.807, 2.05) is 13.8 Å². The zero-order valence-corrected chi connectivity index (χ0v) is 12.0. The monoisotopic (exact) mass is 299 g/mol. The first-order chi connectivity index (χ1) is 6.98. The molecule has 0 aromatic carbocycles. The Balaban J connectivity index is 3.56. The van der Waals surface area contributed by atoms with Crippen LogP contribution in [0.3, 0.4) is 0 Å². The number of alkyl halides is 1. The smallest absolute Gasteiger partial charge is 0.211 e. The van der Waals surface area contributed by atoms with E-state index in [9.17, 15) is 8.42 Å². The van der Waals surface area contributed by atoms with Gasteiger partial charge >= 0.3 is 0 Å². The van der Waals surface area contributed by atoms with Gasteiger partial charge in [0.25, 0.3) is 0 Å². The van der Waals surface area contributed by atoms with E-state index in [0.717, 1.165) is 31.0 Å². The molecule has 0 aromatic heterocycles. The van der Waals surface area contributed by atoms with Crippen LogP contribution >= 0.6 is 15.9 Å². The number of halogens is 1. The zero-order chi connectivity index (χ0) is 11.7. The van der Waals surface area contributed by atoms with E-state index in [1.54, 1.807) is 0 Å². The van der Waals surface area contributed by atoms with Crippen LogP contribution in [-0.4, -0.2) is 26.0 Å². The molecule has 0 saturated carbocycles. The molecule has 0 unspecified atom stereocenters. The van der Waals surface area contributed by atoms with E-state index in [2.05, 4.69) is 20.7 Å². The molecule has 0 aromatic rings. The molecule has 0 spiro atoms. The molecule has 0 heterocycles. The van der Waals surface area contributed by atoms with E-state index < -0.39 is 10.0 Å². The van der Waals surface area contributed by atoms with Crippen molar-refractivity contribution in [1.29, 1.82) is 0 Å². The van der Waals surface area contributed by atoms with Crippen molar-refractivity contribution in [3.63, 3.8) is 0 Å². The number of hydrogen-bond acceptors (Lipinski definition) is 2. The minimum atomic E-state index is -3.03. The summed E-state index contributed by atoms with van der Waals surface area (Å²) in [6.07, 6.45) is 3.83. The molecule has 0 radical (unpaired) electrons. The first-order valence-electron chi connectivity index (χ1n) is 5.51. The first kappa shape index (κ1) is 15.4. The summed E-state index contributed by atoms with van der Waals surface area (Å²) in [6.45, 7) is 4.64. The van der Waals surface area contributed by atoms with Gasteiger partial charge in [-0.3, -0.25) is 0 Å². The summed E-state index contributed by atoms with van der Waals surface area (Å²) in [5, 5.41) is 0.993. The molecule has 0 fully saturated rings. The van der Waals surface area contributed by atoms with Gasteiger partial charge in [-0.05, 0) is 25.2 Å². The average molecular weight is 300 g/mol. The van der Waals surface area contributed by atoms with Gasteiger partial charge < -0.3 is 0 Å². The summed E-state index contributed by atoms with van der Waals surface area (Å²) in [5.74, 6) is 0.693. The summed E-state index contributed by atoms with van der Waals surface area (Å²) in [4.78, 5) is 0.